The number of rotatable bonds is 4. The number of hydrogen-bond donors (Lipinski definition) is 1. The minimum absolute atomic E-state index is 0.0729. The van der Waals surface area contributed by atoms with E-state index in [1.165, 1.54) is 12.1 Å². The molecule has 0 saturated heterocycles. The number of amides is 1. The maximum Gasteiger partial charge on any atom is 0.262 e. The zero-order chi connectivity index (χ0) is 15.2. The molecule has 1 amide bonds. The average molecular weight is 349 g/mol. The third-order valence-corrected chi connectivity index (χ3v) is 3.26. The van der Waals surface area contributed by atoms with Gasteiger partial charge in [-0.15, -0.1) is 0 Å². The first-order valence-electron chi connectivity index (χ1n) is 5.97. The lowest BCUT2D eigenvalue weighted by molar-refractivity contribution is -0.118. The van der Waals surface area contributed by atoms with Gasteiger partial charge in [0.2, 0.25) is 0 Å². The third kappa shape index (κ3) is 4.04. The molecule has 1 N–H and O–H groups in total. The third-order valence-electron chi connectivity index (χ3n) is 2.57. The van der Waals surface area contributed by atoms with Crippen LogP contribution in [-0.4, -0.2) is 12.5 Å². The largest absolute Gasteiger partial charge is 0.481 e. The number of halogens is 2. The number of hydrogen-bond acceptors (Lipinski definition) is 3. The van der Waals surface area contributed by atoms with E-state index in [1.54, 1.807) is 18.2 Å². The smallest absolute Gasteiger partial charge is 0.262 e. The molecule has 0 aliphatic rings. The van der Waals surface area contributed by atoms with Crippen LogP contribution in [0.1, 0.15) is 5.56 Å². The van der Waals surface area contributed by atoms with Crippen LogP contribution in [0.5, 0.6) is 5.75 Å². The molecular formula is C15H10BrFN2O2. The van der Waals surface area contributed by atoms with Gasteiger partial charge in [-0.05, 0) is 46.3 Å². The molecule has 4 nitrogen and oxygen atoms in total. The number of benzene rings is 2. The molecule has 0 fully saturated rings. The second-order valence-electron chi connectivity index (χ2n) is 4.07. The van der Waals surface area contributed by atoms with Gasteiger partial charge in [-0.2, -0.15) is 5.26 Å². The molecule has 106 valence electrons. The number of anilines is 1. The zero-order valence-electron chi connectivity index (χ0n) is 10.8. The topological polar surface area (TPSA) is 62.1 Å². The van der Waals surface area contributed by atoms with Crippen molar-refractivity contribution in [1.29, 1.82) is 5.26 Å². The number of para-hydroxylation sites is 1. The van der Waals surface area contributed by atoms with E-state index in [-0.39, 0.29) is 17.9 Å². The molecule has 21 heavy (non-hydrogen) atoms. The average Bonchev–Trinajstić information content (AvgIpc) is 2.48. The van der Waals surface area contributed by atoms with Crippen molar-refractivity contribution in [3.63, 3.8) is 0 Å². The number of nitrogens with one attached hydrogen (secondary N) is 1. The van der Waals surface area contributed by atoms with Gasteiger partial charge in [0.1, 0.15) is 0 Å². The summed E-state index contributed by atoms with van der Waals surface area (Å²) in [7, 11) is 0. The van der Waals surface area contributed by atoms with Gasteiger partial charge >= 0.3 is 0 Å². The van der Waals surface area contributed by atoms with E-state index in [4.69, 9.17) is 10.00 Å². The Balaban J connectivity index is 1.96. The predicted octanol–water partition coefficient (Wildman–Crippen LogP) is 3.48. The van der Waals surface area contributed by atoms with Crippen LogP contribution in [0.3, 0.4) is 0 Å². The number of ether oxygens (including phenoxy) is 1. The number of carbonyl (C=O) groups is 1. The summed E-state index contributed by atoms with van der Waals surface area (Å²) in [5.41, 5.74) is 0.795. The fourth-order valence-electron chi connectivity index (χ4n) is 1.58. The van der Waals surface area contributed by atoms with Gasteiger partial charge in [0.25, 0.3) is 5.91 Å². The molecule has 0 spiro atoms. The molecule has 0 atom stereocenters. The first-order valence-corrected chi connectivity index (χ1v) is 6.76. The van der Waals surface area contributed by atoms with Gasteiger partial charge in [0.15, 0.2) is 18.2 Å². The summed E-state index contributed by atoms with van der Waals surface area (Å²) in [4.78, 5) is 11.7. The van der Waals surface area contributed by atoms with Gasteiger partial charge < -0.3 is 10.1 Å². The Kier molecular flexibility index (Phi) is 4.90. The van der Waals surface area contributed by atoms with Crippen molar-refractivity contribution in [2.75, 3.05) is 11.9 Å². The molecule has 0 saturated carbocycles. The summed E-state index contributed by atoms with van der Waals surface area (Å²) in [6.07, 6.45) is 0. The van der Waals surface area contributed by atoms with Crippen LogP contribution in [-0.2, 0) is 4.79 Å². The summed E-state index contributed by atoms with van der Waals surface area (Å²) in [5, 5.41) is 11.3. The van der Waals surface area contributed by atoms with Crippen molar-refractivity contribution in [3.05, 3.63) is 58.3 Å². The van der Waals surface area contributed by atoms with Crippen molar-refractivity contribution >= 4 is 27.5 Å². The van der Waals surface area contributed by atoms with Crippen LogP contribution in [0.4, 0.5) is 10.1 Å². The lowest BCUT2D eigenvalue weighted by atomic mass is 10.2. The lowest BCUT2D eigenvalue weighted by Gasteiger charge is -2.09. The van der Waals surface area contributed by atoms with Crippen LogP contribution >= 0.6 is 15.9 Å². The Morgan fingerprint density at radius 1 is 1.33 bits per heavy atom. The van der Waals surface area contributed by atoms with Crippen molar-refractivity contribution in [3.8, 4) is 11.8 Å². The highest BCUT2D eigenvalue weighted by atomic mass is 79.9. The first kappa shape index (κ1) is 15.0. The monoisotopic (exact) mass is 348 g/mol. The fourth-order valence-corrected chi connectivity index (χ4v) is 1.96. The van der Waals surface area contributed by atoms with Gasteiger partial charge in [-0.25, -0.2) is 4.39 Å². The Hall–Kier alpha value is -2.39. The van der Waals surface area contributed by atoms with Gasteiger partial charge in [0, 0.05) is 4.47 Å². The highest BCUT2D eigenvalue weighted by Gasteiger charge is 2.09. The molecule has 0 aromatic heterocycles. The molecular weight excluding hydrogens is 339 g/mol. The van der Waals surface area contributed by atoms with E-state index in [1.807, 2.05) is 12.1 Å². The van der Waals surface area contributed by atoms with E-state index in [0.29, 0.717) is 5.69 Å². The van der Waals surface area contributed by atoms with Crippen molar-refractivity contribution in [1.82, 2.24) is 0 Å². The van der Waals surface area contributed by atoms with Crippen LogP contribution < -0.4 is 10.1 Å². The molecule has 0 heterocycles. The first-order chi connectivity index (χ1) is 10.1. The molecule has 0 radical (unpaired) electrons. The summed E-state index contributed by atoms with van der Waals surface area (Å²) in [6, 6.07) is 12.7. The second kappa shape index (κ2) is 6.86. The Morgan fingerprint density at radius 2 is 2.10 bits per heavy atom. The number of nitrogens with zero attached hydrogens (tertiary/aromatic N) is 1. The molecule has 0 aliphatic carbocycles. The summed E-state index contributed by atoms with van der Waals surface area (Å²) < 4.78 is 19.4. The number of carbonyl (C=O) groups excluding carboxylic acids is 1. The lowest BCUT2D eigenvalue weighted by Crippen LogP contribution is -2.20. The van der Waals surface area contributed by atoms with E-state index < -0.39 is 11.7 Å². The standard InChI is InChI=1S/C15H10BrFN2O2/c16-11-3-1-2-4-13(11)19-15(20)9-21-14-6-5-10(8-18)7-12(14)17/h1-7H,9H2,(H,19,20). The fraction of sp³-hybridized carbons (Fsp3) is 0.0667. The molecule has 0 bridgehead atoms. The minimum atomic E-state index is -0.678. The van der Waals surface area contributed by atoms with E-state index in [9.17, 15) is 9.18 Å². The van der Waals surface area contributed by atoms with E-state index in [0.717, 1.165) is 10.5 Å². The van der Waals surface area contributed by atoms with Gasteiger partial charge in [-0.1, -0.05) is 12.1 Å². The van der Waals surface area contributed by atoms with Crippen LogP contribution in [0.15, 0.2) is 46.9 Å². The Bertz CT molecular complexity index is 713. The maximum absolute atomic E-state index is 13.6. The highest BCUT2D eigenvalue weighted by Crippen LogP contribution is 2.21. The normalized spacial score (nSPS) is 9.76. The second-order valence-corrected chi connectivity index (χ2v) is 4.93. The molecule has 0 aliphatic heterocycles. The summed E-state index contributed by atoms with van der Waals surface area (Å²) >= 11 is 3.30. The van der Waals surface area contributed by atoms with Gasteiger partial charge in [0.05, 0.1) is 17.3 Å². The maximum atomic E-state index is 13.6. The van der Waals surface area contributed by atoms with Crippen LogP contribution in [0.25, 0.3) is 0 Å². The molecule has 0 unspecified atom stereocenters. The zero-order valence-corrected chi connectivity index (χ0v) is 12.4. The van der Waals surface area contributed by atoms with E-state index >= 15 is 0 Å². The van der Waals surface area contributed by atoms with Crippen molar-refractivity contribution in [2.24, 2.45) is 0 Å². The summed E-state index contributed by atoms with van der Waals surface area (Å²) in [6.45, 7) is -0.329. The highest BCUT2D eigenvalue weighted by molar-refractivity contribution is 9.10. The van der Waals surface area contributed by atoms with Crippen molar-refractivity contribution < 1.29 is 13.9 Å². The Labute approximate surface area is 129 Å². The van der Waals surface area contributed by atoms with Crippen molar-refractivity contribution in [2.45, 2.75) is 0 Å². The quantitative estimate of drug-likeness (QED) is 0.919. The van der Waals surface area contributed by atoms with Crippen LogP contribution in [0, 0.1) is 17.1 Å². The molecule has 6 heteroatoms. The van der Waals surface area contributed by atoms with Gasteiger partial charge in [-0.3, -0.25) is 4.79 Å². The van der Waals surface area contributed by atoms with Crippen LogP contribution in [0.2, 0.25) is 0 Å². The summed E-state index contributed by atoms with van der Waals surface area (Å²) in [5.74, 6) is -1.16. The molecule has 2 rings (SSSR count). The molecule has 2 aromatic rings. The van der Waals surface area contributed by atoms with E-state index in [2.05, 4.69) is 21.2 Å². The Morgan fingerprint density at radius 3 is 2.76 bits per heavy atom. The minimum Gasteiger partial charge on any atom is -0.481 e. The molecule has 2 aromatic carbocycles. The SMILES string of the molecule is N#Cc1ccc(OCC(=O)Nc2ccccc2Br)c(F)c1. The predicted molar refractivity (Wildman–Crippen MR) is 79.4 cm³/mol. The number of nitriles is 1.